The van der Waals surface area contributed by atoms with E-state index < -0.39 is 6.09 Å². The first-order chi connectivity index (χ1) is 9.85. The lowest BCUT2D eigenvalue weighted by atomic mass is 10.1. The molecule has 0 spiro atoms. The predicted molar refractivity (Wildman–Crippen MR) is 85.4 cm³/mol. The summed E-state index contributed by atoms with van der Waals surface area (Å²) in [6, 6.07) is 8.00. The van der Waals surface area contributed by atoms with Crippen LogP contribution >= 0.6 is 11.3 Å². The standard InChI is InChI=1S/C16H20N2O2S/c1-11-14(21-10-17-11)13-7-5-12(6-8-13)9-20-15(19)18-16(2,3)4/h5-8,10H,9H2,1-4H3,(H,18,19). The first-order valence-electron chi connectivity index (χ1n) is 6.79. The van der Waals surface area contributed by atoms with Gasteiger partial charge in [0.15, 0.2) is 0 Å². The van der Waals surface area contributed by atoms with Crippen molar-refractivity contribution in [3.63, 3.8) is 0 Å². The number of hydrogen-bond donors (Lipinski definition) is 1. The van der Waals surface area contributed by atoms with Gasteiger partial charge in [0.2, 0.25) is 0 Å². The molecule has 0 atom stereocenters. The number of benzene rings is 1. The molecule has 5 heteroatoms. The van der Waals surface area contributed by atoms with Gasteiger partial charge in [0.25, 0.3) is 0 Å². The van der Waals surface area contributed by atoms with Gasteiger partial charge in [-0.25, -0.2) is 9.78 Å². The van der Waals surface area contributed by atoms with E-state index >= 15 is 0 Å². The molecule has 0 fully saturated rings. The molecule has 1 heterocycles. The van der Waals surface area contributed by atoms with Crippen LogP contribution in [0.15, 0.2) is 29.8 Å². The minimum atomic E-state index is -0.398. The number of rotatable bonds is 3. The summed E-state index contributed by atoms with van der Waals surface area (Å²) in [5.74, 6) is 0. The number of nitrogens with one attached hydrogen (secondary N) is 1. The highest BCUT2D eigenvalue weighted by atomic mass is 32.1. The maximum absolute atomic E-state index is 11.6. The Bertz CT molecular complexity index is 612. The van der Waals surface area contributed by atoms with E-state index in [9.17, 15) is 4.79 Å². The molecule has 0 aliphatic heterocycles. The van der Waals surface area contributed by atoms with Crippen LogP contribution in [0.1, 0.15) is 32.0 Å². The molecule has 1 amide bonds. The van der Waals surface area contributed by atoms with Crippen molar-refractivity contribution in [3.8, 4) is 10.4 Å². The number of nitrogens with zero attached hydrogens (tertiary/aromatic N) is 1. The van der Waals surface area contributed by atoms with Crippen LogP contribution in [0.4, 0.5) is 4.79 Å². The third-order valence-electron chi connectivity index (χ3n) is 2.81. The highest BCUT2D eigenvalue weighted by molar-refractivity contribution is 7.13. The average Bonchev–Trinajstić information content (AvgIpc) is 2.81. The zero-order valence-corrected chi connectivity index (χ0v) is 13.6. The third-order valence-corrected chi connectivity index (χ3v) is 3.79. The molecule has 1 N–H and O–H groups in total. The van der Waals surface area contributed by atoms with Gasteiger partial charge in [0, 0.05) is 5.54 Å². The molecule has 2 aromatic rings. The van der Waals surface area contributed by atoms with E-state index in [1.54, 1.807) is 11.3 Å². The van der Waals surface area contributed by atoms with Crippen molar-refractivity contribution in [2.75, 3.05) is 0 Å². The van der Waals surface area contributed by atoms with Gasteiger partial charge >= 0.3 is 6.09 Å². The van der Waals surface area contributed by atoms with Crippen LogP contribution in [0.2, 0.25) is 0 Å². The second-order valence-electron chi connectivity index (χ2n) is 5.91. The first-order valence-corrected chi connectivity index (χ1v) is 7.67. The van der Waals surface area contributed by atoms with Crippen molar-refractivity contribution in [1.82, 2.24) is 10.3 Å². The summed E-state index contributed by atoms with van der Waals surface area (Å²) in [6.45, 7) is 8.02. The molecule has 0 unspecified atom stereocenters. The van der Waals surface area contributed by atoms with Crippen LogP contribution in [0.5, 0.6) is 0 Å². The monoisotopic (exact) mass is 304 g/mol. The summed E-state index contributed by atoms with van der Waals surface area (Å²) < 4.78 is 5.20. The van der Waals surface area contributed by atoms with Gasteiger partial charge < -0.3 is 10.1 Å². The fourth-order valence-corrected chi connectivity index (χ4v) is 2.63. The summed E-state index contributed by atoms with van der Waals surface area (Å²) in [7, 11) is 0. The summed E-state index contributed by atoms with van der Waals surface area (Å²) in [5.41, 5.74) is 4.69. The van der Waals surface area contributed by atoms with E-state index in [1.165, 1.54) is 4.88 Å². The predicted octanol–water partition coefficient (Wildman–Crippen LogP) is 4.14. The molecule has 0 bridgehead atoms. The second-order valence-corrected chi connectivity index (χ2v) is 6.77. The zero-order valence-electron chi connectivity index (χ0n) is 12.8. The lowest BCUT2D eigenvalue weighted by Gasteiger charge is -2.19. The van der Waals surface area contributed by atoms with Gasteiger partial charge in [-0.3, -0.25) is 0 Å². The molecule has 112 valence electrons. The van der Waals surface area contributed by atoms with E-state index in [0.29, 0.717) is 0 Å². The fraction of sp³-hybridized carbons (Fsp3) is 0.375. The molecular weight excluding hydrogens is 284 g/mol. The summed E-state index contributed by atoms with van der Waals surface area (Å²) in [5, 5.41) is 2.76. The van der Waals surface area contributed by atoms with Crippen LogP contribution in [0.25, 0.3) is 10.4 Å². The molecule has 0 saturated heterocycles. The fourth-order valence-electron chi connectivity index (χ4n) is 1.82. The lowest BCUT2D eigenvalue weighted by Crippen LogP contribution is -2.40. The number of aryl methyl sites for hydroxylation is 1. The van der Waals surface area contributed by atoms with E-state index in [-0.39, 0.29) is 12.1 Å². The minimum Gasteiger partial charge on any atom is -0.445 e. The number of alkyl carbamates (subject to hydrolysis) is 1. The Balaban J connectivity index is 1.94. The van der Waals surface area contributed by atoms with Crippen molar-refractivity contribution in [2.24, 2.45) is 0 Å². The van der Waals surface area contributed by atoms with Gasteiger partial charge in [0.1, 0.15) is 6.61 Å². The molecule has 0 radical (unpaired) electrons. The third kappa shape index (κ3) is 4.56. The van der Waals surface area contributed by atoms with Crippen LogP contribution in [0, 0.1) is 6.92 Å². The Kier molecular flexibility index (Phi) is 4.63. The molecule has 1 aromatic heterocycles. The Morgan fingerprint density at radius 2 is 1.95 bits per heavy atom. The zero-order chi connectivity index (χ0) is 15.5. The maximum atomic E-state index is 11.6. The molecule has 1 aromatic carbocycles. The molecule has 2 rings (SSSR count). The molecular formula is C16H20N2O2S. The highest BCUT2D eigenvalue weighted by Crippen LogP contribution is 2.27. The smallest absolute Gasteiger partial charge is 0.407 e. The minimum absolute atomic E-state index is 0.268. The Labute approximate surface area is 129 Å². The summed E-state index contributed by atoms with van der Waals surface area (Å²) in [6.07, 6.45) is -0.398. The van der Waals surface area contributed by atoms with Gasteiger partial charge in [-0.2, -0.15) is 0 Å². The van der Waals surface area contributed by atoms with Crippen LogP contribution in [-0.2, 0) is 11.3 Å². The van der Waals surface area contributed by atoms with Gasteiger partial charge in [0.05, 0.1) is 16.1 Å². The Morgan fingerprint density at radius 3 is 2.48 bits per heavy atom. The van der Waals surface area contributed by atoms with Crippen LogP contribution < -0.4 is 5.32 Å². The molecule has 0 saturated carbocycles. The Hall–Kier alpha value is -1.88. The van der Waals surface area contributed by atoms with Gasteiger partial charge in [-0.15, -0.1) is 11.3 Å². The number of aromatic nitrogens is 1. The quantitative estimate of drug-likeness (QED) is 0.927. The van der Waals surface area contributed by atoms with Gasteiger partial charge in [-0.1, -0.05) is 24.3 Å². The van der Waals surface area contributed by atoms with Crippen molar-refractivity contribution in [3.05, 3.63) is 41.0 Å². The molecule has 0 aliphatic carbocycles. The van der Waals surface area contributed by atoms with E-state index in [1.807, 2.05) is 57.5 Å². The number of carbonyl (C=O) groups excluding carboxylic acids is 1. The molecule has 21 heavy (non-hydrogen) atoms. The normalized spacial score (nSPS) is 11.2. The van der Waals surface area contributed by atoms with Gasteiger partial charge in [-0.05, 0) is 38.8 Å². The lowest BCUT2D eigenvalue weighted by molar-refractivity contribution is 0.131. The van der Waals surface area contributed by atoms with Crippen molar-refractivity contribution < 1.29 is 9.53 Å². The topological polar surface area (TPSA) is 51.2 Å². The number of ether oxygens (including phenoxy) is 1. The first kappa shape index (κ1) is 15.5. The number of hydrogen-bond acceptors (Lipinski definition) is 4. The number of amides is 1. The van der Waals surface area contributed by atoms with Crippen molar-refractivity contribution in [2.45, 2.75) is 39.8 Å². The average molecular weight is 304 g/mol. The van der Waals surface area contributed by atoms with E-state index in [0.717, 1.165) is 16.8 Å². The maximum Gasteiger partial charge on any atom is 0.407 e. The van der Waals surface area contributed by atoms with Crippen molar-refractivity contribution in [1.29, 1.82) is 0 Å². The largest absolute Gasteiger partial charge is 0.445 e. The summed E-state index contributed by atoms with van der Waals surface area (Å²) in [4.78, 5) is 17.0. The van der Waals surface area contributed by atoms with Crippen LogP contribution in [-0.4, -0.2) is 16.6 Å². The number of carbonyl (C=O) groups is 1. The SMILES string of the molecule is Cc1ncsc1-c1ccc(COC(=O)NC(C)(C)C)cc1. The summed E-state index contributed by atoms with van der Waals surface area (Å²) >= 11 is 1.63. The van der Waals surface area contributed by atoms with E-state index in [2.05, 4.69) is 10.3 Å². The Morgan fingerprint density at radius 1 is 1.29 bits per heavy atom. The molecule has 0 aliphatic rings. The molecule has 4 nitrogen and oxygen atoms in total. The van der Waals surface area contributed by atoms with E-state index in [4.69, 9.17) is 4.74 Å². The number of thiazole rings is 1. The van der Waals surface area contributed by atoms with Crippen LogP contribution in [0.3, 0.4) is 0 Å². The van der Waals surface area contributed by atoms with Crippen molar-refractivity contribution >= 4 is 17.4 Å². The highest BCUT2D eigenvalue weighted by Gasteiger charge is 2.14. The second kappa shape index (κ2) is 6.26.